The van der Waals surface area contributed by atoms with Crippen LogP contribution in [-0.4, -0.2) is 35.2 Å². The van der Waals surface area contributed by atoms with E-state index in [1.807, 2.05) is 0 Å². The van der Waals surface area contributed by atoms with Gasteiger partial charge in [-0.15, -0.1) is 0 Å². The van der Waals surface area contributed by atoms with Gasteiger partial charge >= 0.3 is 0 Å². The molecular weight excluding hydrogens is 176 g/mol. The molecule has 0 saturated heterocycles. The summed E-state index contributed by atoms with van der Waals surface area (Å²) in [5.74, 6) is 0.613. The van der Waals surface area contributed by atoms with Crippen LogP contribution in [0.3, 0.4) is 0 Å². The molecule has 0 aromatic heterocycles. The van der Waals surface area contributed by atoms with Gasteiger partial charge in [-0.1, -0.05) is 0 Å². The van der Waals surface area contributed by atoms with Gasteiger partial charge in [0.1, 0.15) is 0 Å². The molecule has 12 heavy (non-hydrogen) atoms. The fourth-order valence-corrected chi connectivity index (χ4v) is 1.27. The minimum Gasteiger partial charge on any atom is -0.356 e. The van der Waals surface area contributed by atoms with E-state index in [-0.39, 0.29) is 5.91 Å². The van der Waals surface area contributed by atoms with Gasteiger partial charge in [-0.05, 0) is 6.42 Å². The van der Waals surface area contributed by atoms with Crippen LogP contribution in [0.25, 0.3) is 0 Å². The molecule has 0 fully saturated rings. The Bertz CT molecular complexity index is 161. The topological polar surface area (TPSA) is 72.2 Å². The van der Waals surface area contributed by atoms with Crippen molar-refractivity contribution >= 4 is 16.7 Å². The lowest BCUT2D eigenvalue weighted by Gasteiger charge is -2.02. The summed E-state index contributed by atoms with van der Waals surface area (Å²) < 4.78 is 10.6. The summed E-state index contributed by atoms with van der Waals surface area (Å²) in [6.45, 7) is 0.976. The van der Waals surface area contributed by atoms with Crippen LogP contribution in [0.5, 0.6) is 0 Å². The first-order valence-electron chi connectivity index (χ1n) is 3.93. The molecule has 0 aromatic carbocycles. The lowest BCUT2D eigenvalue weighted by Crippen LogP contribution is -2.27. The summed E-state index contributed by atoms with van der Waals surface area (Å²) in [5, 5.41) is 2.69. The van der Waals surface area contributed by atoms with Gasteiger partial charge in [0.15, 0.2) is 0 Å². The number of nitrogens with one attached hydrogen (secondary N) is 1. The number of hydrogen-bond donors (Lipinski definition) is 2. The first kappa shape index (κ1) is 11.6. The average molecular weight is 192 g/mol. The molecule has 0 radical (unpaired) electrons. The van der Waals surface area contributed by atoms with Gasteiger partial charge in [0, 0.05) is 42.3 Å². The second-order valence-electron chi connectivity index (χ2n) is 2.52. The quantitative estimate of drug-likeness (QED) is 0.542. The second-order valence-corrected chi connectivity index (χ2v) is 4.07. The van der Waals surface area contributed by atoms with Gasteiger partial charge < -0.3 is 11.1 Å². The zero-order valence-corrected chi connectivity index (χ0v) is 8.15. The molecule has 0 rings (SSSR count). The summed E-state index contributed by atoms with van der Waals surface area (Å²) in [5.41, 5.74) is 5.17. The van der Waals surface area contributed by atoms with Crippen molar-refractivity contribution in [2.45, 2.75) is 12.8 Å². The Morgan fingerprint density at radius 3 is 2.75 bits per heavy atom. The smallest absolute Gasteiger partial charge is 0.221 e. The Balaban J connectivity index is 3.19. The Morgan fingerprint density at radius 1 is 1.58 bits per heavy atom. The van der Waals surface area contributed by atoms with E-state index in [9.17, 15) is 9.00 Å². The third-order valence-corrected chi connectivity index (χ3v) is 2.17. The Labute approximate surface area is 75.4 Å². The van der Waals surface area contributed by atoms with Crippen molar-refractivity contribution in [1.29, 1.82) is 0 Å². The zero-order chi connectivity index (χ0) is 9.40. The molecular formula is C7H16N2O2S. The van der Waals surface area contributed by atoms with Gasteiger partial charge in [-0.2, -0.15) is 0 Å². The summed E-state index contributed by atoms with van der Waals surface area (Å²) in [6.07, 6.45) is 2.79. The predicted molar refractivity (Wildman–Crippen MR) is 50.2 cm³/mol. The summed E-state index contributed by atoms with van der Waals surface area (Å²) >= 11 is 0. The summed E-state index contributed by atoms with van der Waals surface area (Å²) in [4.78, 5) is 10.8. The van der Waals surface area contributed by atoms with Gasteiger partial charge in [0.05, 0.1) is 0 Å². The highest BCUT2D eigenvalue weighted by molar-refractivity contribution is 7.84. The van der Waals surface area contributed by atoms with E-state index in [4.69, 9.17) is 5.73 Å². The Kier molecular flexibility index (Phi) is 6.99. The molecule has 0 saturated carbocycles. The molecule has 3 N–H and O–H groups in total. The maximum Gasteiger partial charge on any atom is 0.221 e. The summed E-state index contributed by atoms with van der Waals surface area (Å²) in [6, 6.07) is 0. The molecule has 4 nitrogen and oxygen atoms in total. The fourth-order valence-electron chi connectivity index (χ4n) is 0.723. The largest absolute Gasteiger partial charge is 0.356 e. The van der Waals surface area contributed by atoms with E-state index in [1.165, 1.54) is 0 Å². The number of carbonyl (C=O) groups excluding carboxylic acids is 1. The number of nitrogens with two attached hydrogens (primary N) is 1. The van der Waals surface area contributed by atoms with E-state index >= 15 is 0 Å². The highest BCUT2D eigenvalue weighted by atomic mass is 32.2. The third kappa shape index (κ3) is 7.68. The molecule has 0 aliphatic heterocycles. The average Bonchev–Trinajstić information content (AvgIpc) is 1.98. The molecule has 1 amide bonds. The maximum atomic E-state index is 10.8. The molecule has 0 bridgehead atoms. The number of hydrogen-bond acceptors (Lipinski definition) is 3. The van der Waals surface area contributed by atoms with Crippen LogP contribution in [0.2, 0.25) is 0 Å². The van der Waals surface area contributed by atoms with Gasteiger partial charge in [-0.3, -0.25) is 9.00 Å². The van der Waals surface area contributed by atoms with Crippen molar-refractivity contribution in [2.24, 2.45) is 5.73 Å². The van der Waals surface area contributed by atoms with E-state index in [0.29, 0.717) is 25.3 Å². The van der Waals surface area contributed by atoms with Crippen molar-refractivity contribution in [2.75, 3.05) is 25.1 Å². The number of amides is 1. The Morgan fingerprint density at radius 2 is 2.25 bits per heavy atom. The van der Waals surface area contributed by atoms with Crippen molar-refractivity contribution < 1.29 is 9.00 Å². The van der Waals surface area contributed by atoms with Crippen molar-refractivity contribution in [3.63, 3.8) is 0 Å². The highest BCUT2D eigenvalue weighted by Crippen LogP contribution is 1.82. The van der Waals surface area contributed by atoms with Gasteiger partial charge in [-0.25, -0.2) is 0 Å². The van der Waals surface area contributed by atoms with Crippen LogP contribution in [0, 0.1) is 0 Å². The number of carbonyl (C=O) groups is 1. The molecule has 0 aliphatic rings. The Hall–Kier alpha value is -0.420. The second kappa shape index (κ2) is 7.24. The minimum absolute atomic E-state index is 0.0283. The molecule has 1 atom stereocenters. The van der Waals surface area contributed by atoms with Crippen molar-refractivity contribution in [3.05, 3.63) is 0 Å². The number of rotatable bonds is 6. The molecule has 0 heterocycles. The van der Waals surface area contributed by atoms with Crippen LogP contribution >= 0.6 is 0 Å². The first-order valence-corrected chi connectivity index (χ1v) is 5.66. The lowest BCUT2D eigenvalue weighted by molar-refractivity contribution is -0.120. The van der Waals surface area contributed by atoms with Crippen LogP contribution in [-0.2, 0) is 15.6 Å². The van der Waals surface area contributed by atoms with Crippen molar-refractivity contribution in [1.82, 2.24) is 5.32 Å². The molecule has 1 unspecified atom stereocenters. The normalized spacial score (nSPS) is 12.5. The van der Waals surface area contributed by atoms with Crippen molar-refractivity contribution in [3.8, 4) is 0 Å². The standard InChI is InChI=1S/C7H16N2O2S/c1-12(11)6-2-5-9-7(10)3-4-8/h2-6,8H2,1H3,(H,9,10). The monoisotopic (exact) mass is 192 g/mol. The minimum atomic E-state index is -0.760. The lowest BCUT2D eigenvalue weighted by atomic mass is 10.4. The first-order chi connectivity index (χ1) is 5.66. The molecule has 0 aromatic rings. The maximum absolute atomic E-state index is 10.8. The SMILES string of the molecule is CS(=O)CCCNC(=O)CCN. The van der Waals surface area contributed by atoms with E-state index in [0.717, 1.165) is 6.42 Å². The van der Waals surface area contributed by atoms with E-state index in [1.54, 1.807) is 6.26 Å². The summed E-state index contributed by atoms with van der Waals surface area (Å²) in [7, 11) is -0.760. The van der Waals surface area contributed by atoms with Crippen LogP contribution in [0.15, 0.2) is 0 Å². The molecule has 5 heteroatoms. The van der Waals surface area contributed by atoms with E-state index in [2.05, 4.69) is 5.32 Å². The predicted octanol–water partition coefficient (Wildman–Crippen LogP) is -0.780. The van der Waals surface area contributed by atoms with E-state index < -0.39 is 10.8 Å². The molecule has 72 valence electrons. The molecule has 0 aliphatic carbocycles. The van der Waals surface area contributed by atoms with Gasteiger partial charge in [0.25, 0.3) is 0 Å². The highest BCUT2D eigenvalue weighted by Gasteiger charge is 1.97. The molecule has 0 spiro atoms. The van der Waals surface area contributed by atoms with Crippen LogP contribution in [0.1, 0.15) is 12.8 Å². The van der Waals surface area contributed by atoms with Crippen LogP contribution in [0.4, 0.5) is 0 Å². The fraction of sp³-hybridized carbons (Fsp3) is 0.857. The van der Waals surface area contributed by atoms with Gasteiger partial charge in [0.2, 0.25) is 5.91 Å². The van der Waals surface area contributed by atoms with Crippen LogP contribution < -0.4 is 11.1 Å². The zero-order valence-electron chi connectivity index (χ0n) is 7.34. The third-order valence-electron chi connectivity index (χ3n) is 1.30.